The molecule has 0 aliphatic carbocycles. The molecule has 0 rings (SSSR count). The van der Waals surface area contributed by atoms with Crippen LogP contribution in [0.3, 0.4) is 0 Å². The van der Waals surface area contributed by atoms with E-state index in [2.05, 4.69) is 43.5 Å². The fourth-order valence-corrected chi connectivity index (χ4v) is 8.57. The first-order chi connectivity index (χ1) is 29.6. The second kappa shape index (κ2) is 50.5. The Bertz CT molecular complexity index is 890. The summed E-state index contributed by atoms with van der Waals surface area (Å²) in [5, 5.41) is 33.7. The number of unbranched alkanes of at least 4 members (excludes halogenated alkanes) is 38. The topological polar surface area (TPSA) is 89.8 Å². The van der Waals surface area contributed by atoms with E-state index < -0.39 is 18.2 Å². The quantitative estimate of drug-likeness (QED) is 0.0363. The molecule has 0 aromatic rings. The van der Waals surface area contributed by atoms with Gasteiger partial charge in [0.1, 0.15) is 6.10 Å². The average molecular weight is 846 g/mol. The highest BCUT2D eigenvalue weighted by Crippen LogP contribution is 2.17. The summed E-state index contributed by atoms with van der Waals surface area (Å²) in [6.45, 7) is 4.20. The Morgan fingerprint density at radius 3 is 0.967 bits per heavy atom. The molecule has 0 aromatic heterocycles. The molecule has 0 spiro atoms. The van der Waals surface area contributed by atoms with Crippen molar-refractivity contribution in [2.45, 2.75) is 315 Å². The molecule has 3 unspecified atom stereocenters. The Kier molecular flexibility index (Phi) is 49.5. The van der Waals surface area contributed by atoms with E-state index in [1.54, 1.807) is 0 Å². The number of aliphatic hydroxyl groups is 3. The molecule has 0 saturated carbocycles. The van der Waals surface area contributed by atoms with Gasteiger partial charge in [-0.2, -0.15) is 0 Å². The zero-order valence-corrected chi connectivity index (χ0v) is 40.6. The first-order valence-corrected chi connectivity index (χ1v) is 27.1. The first kappa shape index (κ1) is 58.8. The Labute approximate surface area is 375 Å². The highest BCUT2D eigenvalue weighted by atomic mass is 16.3. The van der Waals surface area contributed by atoms with Crippen LogP contribution in [0.2, 0.25) is 0 Å². The molecule has 60 heavy (non-hydrogen) atoms. The molecule has 5 nitrogen and oxygen atoms in total. The lowest BCUT2D eigenvalue weighted by molar-refractivity contribution is -0.124. The molecular weight excluding hydrogens is 739 g/mol. The molecule has 0 heterocycles. The maximum Gasteiger partial charge on any atom is 0.220 e. The van der Waals surface area contributed by atoms with Crippen LogP contribution in [-0.4, -0.2) is 46.1 Å². The van der Waals surface area contributed by atoms with E-state index >= 15 is 0 Å². The standard InChI is InChI=1S/C55H107NO4/c1-3-5-7-9-11-13-15-17-19-21-23-25-27-29-31-33-35-37-39-41-43-45-47-49-53(58)55(60)52(51-57)56-54(59)50-48-46-44-42-40-38-36-34-32-30-28-26-24-22-20-18-16-14-12-10-8-6-4-2/h30,32,41,43,52-53,55,57-58,60H,3-29,31,33-40,42,44-51H2,1-2H3,(H,56,59)/b32-30-,43-41+. The highest BCUT2D eigenvalue weighted by Gasteiger charge is 2.26. The summed E-state index contributed by atoms with van der Waals surface area (Å²) >= 11 is 0. The number of carbonyl (C=O) groups is 1. The van der Waals surface area contributed by atoms with Gasteiger partial charge in [0.15, 0.2) is 0 Å². The van der Waals surface area contributed by atoms with Crippen LogP contribution >= 0.6 is 0 Å². The molecule has 0 fully saturated rings. The number of aliphatic hydroxyl groups excluding tert-OH is 3. The van der Waals surface area contributed by atoms with E-state index in [-0.39, 0.29) is 12.5 Å². The van der Waals surface area contributed by atoms with Gasteiger partial charge in [-0.15, -0.1) is 0 Å². The average Bonchev–Trinajstić information content (AvgIpc) is 3.25. The van der Waals surface area contributed by atoms with Gasteiger partial charge in [-0.05, 0) is 64.2 Å². The van der Waals surface area contributed by atoms with Crippen LogP contribution in [0.4, 0.5) is 0 Å². The number of rotatable bonds is 50. The van der Waals surface area contributed by atoms with Gasteiger partial charge >= 0.3 is 0 Å². The van der Waals surface area contributed by atoms with Gasteiger partial charge in [0.25, 0.3) is 0 Å². The van der Waals surface area contributed by atoms with Crippen LogP contribution in [0, 0.1) is 0 Å². The lowest BCUT2D eigenvalue weighted by atomic mass is 10.0. The normalized spacial score (nSPS) is 13.5. The highest BCUT2D eigenvalue weighted by molar-refractivity contribution is 5.76. The third kappa shape index (κ3) is 44.9. The van der Waals surface area contributed by atoms with Crippen LogP contribution in [0.5, 0.6) is 0 Å². The SMILES string of the molecule is CCCCCCCCCCCCCC/C=C\CCCCCCCCCC(=O)NC(CO)C(O)C(O)CCC/C=C/CCCCCCCCCCCCCCCCCCCC. The second-order valence-electron chi connectivity index (χ2n) is 18.8. The van der Waals surface area contributed by atoms with Crippen molar-refractivity contribution in [3.63, 3.8) is 0 Å². The van der Waals surface area contributed by atoms with Gasteiger partial charge in [-0.25, -0.2) is 0 Å². The van der Waals surface area contributed by atoms with E-state index in [1.165, 1.54) is 231 Å². The van der Waals surface area contributed by atoms with Gasteiger partial charge in [0.2, 0.25) is 5.91 Å². The molecule has 0 aromatic carbocycles. The number of amides is 1. The molecule has 0 radical (unpaired) electrons. The van der Waals surface area contributed by atoms with Crippen molar-refractivity contribution in [2.75, 3.05) is 6.61 Å². The van der Waals surface area contributed by atoms with Crippen molar-refractivity contribution in [2.24, 2.45) is 0 Å². The molecule has 0 bridgehead atoms. The summed E-state index contributed by atoms with van der Waals surface area (Å²) in [4.78, 5) is 12.5. The second-order valence-corrected chi connectivity index (χ2v) is 18.8. The molecule has 1 amide bonds. The molecule has 356 valence electrons. The van der Waals surface area contributed by atoms with Crippen molar-refractivity contribution in [1.29, 1.82) is 0 Å². The summed E-state index contributed by atoms with van der Waals surface area (Å²) in [7, 11) is 0. The van der Waals surface area contributed by atoms with Gasteiger partial charge in [-0.3, -0.25) is 4.79 Å². The van der Waals surface area contributed by atoms with Crippen LogP contribution in [-0.2, 0) is 4.79 Å². The van der Waals surface area contributed by atoms with E-state index in [1.807, 2.05) is 0 Å². The zero-order valence-electron chi connectivity index (χ0n) is 40.6. The van der Waals surface area contributed by atoms with Crippen molar-refractivity contribution in [1.82, 2.24) is 5.32 Å². The maximum atomic E-state index is 12.5. The number of hydrogen-bond donors (Lipinski definition) is 4. The minimum atomic E-state index is -1.16. The van der Waals surface area contributed by atoms with E-state index in [0.29, 0.717) is 12.8 Å². The minimum absolute atomic E-state index is 0.155. The zero-order chi connectivity index (χ0) is 43.7. The molecular formula is C55H107NO4. The predicted molar refractivity (Wildman–Crippen MR) is 264 cm³/mol. The third-order valence-electron chi connectivity index (χ3n) is 12.8. The summed E-state index contributed by atoms with van der Waals surface area (Å²) in [6.07, 6.45) is 63.2. The minimum Gasteiger partial charge on any atom is -0.394 e. The van der Waals surface area contributed by atoms with Crippen molar-refractivity contribution >= 4 is 5.91 Å². The Hall–Kier alpha value is -1.17. The van der Waals surface area contributed by atoms with Gasteiger partial charge in [0.05, 0.1) is 18.8 Å². The number of hydrogen-bond acceptors (Lipinski definition) is 4. The van der Waals surface area contributed by atoms with Crippen LogP contribution in [0.25, 0.3) is 0 Å². The molecule has 0 aliphatic rings. The van der Waals surface area contributed by atoms with Crippen LogP contribution in [0.15, 0.2) is 24.3 Å². The molecule has 0 saturated heterocycles. The summed E-state index contributed by atoms with van der Waals surface area (Å²) in [6, 6.07) is -0.828. The van der Waals surface area contributed by atoms with E-state index in [4.69, 9.17) is 0 Å². The van der Waals surface area contributed by atoms with Gasteiger partial charge in [0, 0.05) is 6.42 Å². The fraction of sp³-hybridized carbons (Fsp3) is 0.909. The van der Waals surface area contributed by atoms with Crippen LogP contribution in [0.1, 0.15) is 296 Å². The van der Waals surface area contributed by atoms with Crippen molar-refractivity contribution < 1.29 is 20.1 Å². The van der Waals surface area contributed by atoms with Crippen molar-refractivity contribution in [3.05, 3.63) is 24.3 Å². The Balaban J connectivity index is 3.59. The monoisotopic (exact) mass is 846 g/mol. The van der Waals surface area contributed by atoms with Crippen LogP contribution < -0.4 is 5.32 Å². The first-order valence-electron chi connectivity index (χ1n) is 27.1. The number of allylic oxidation sites excluding steroid dienone is 4. The molecule has 5 heteroatoms. The van der Waals surface area contributed by atoms with E-state index in [9.17, 15) is 20.1 Å². The van der Waals surface area contributed by atoms with Crippen molar-refractivity contribution in [3.8, 4) is 0 Å². The number of nitrogens with one attached hydrogen (secondary N) is 1. The summed E-state index contributed by atoms with van der Waals surface area (Å²) < 4.78 is 0. The molecule has 3 atom stereocenters. The van der Waals surface area contributed by atoms with Gasteiger partial charge < -0.3 is 20.6 Å². The fourth-order valence-electron chi connectivity index (χ4n) is 8.57. The number of carbonyl (C=O) groups excluding carboxylic acids is 1. The predicted octanol–water partition coefficient (Wildman–Crippen LogP) is 16.5. The maximum absolute atomic E-state index is 12.5. The molecule has 4 N–H and O–H groups in total. The summed E-state index contributed by atoms with van der Waals surface area (Å²) in [5.74, 6) is -0.155. The smallest absolute Gasteiger partial charge is 0.220 e. The lowest BCUT2D eigenvalue weighted by Crippen LogP contribution is -2.50. The summed E-state index contributed by atoms with van der Waals surface area (Å²) in [5.41, 5.74) is 0. The third-order valence-corrected chi connectivity index (χ3v) is 12.8. The lowest BCUT2D eigenvalue weighted by Gasteiger charge is -2.26. The molecule has 0 aliphatic heterocycles. The van der Waals surface area contributed by atoms with E-state index in [0.717, 1.165) is 38.5 Å². The largest absolute Gasteiger partial charge is 0.394 e. The Morgan fingerprint density at radius 1 is 0.400 bits per heavy atom. The van der Waals surface area contributed by atoms with Gasteiger partial charge in [-0.1, -0.05) is 250 Å². The Morgan fingerprint density at radius 2 is 0.667 bits per heavy atom.